The van der Waals surface area contributed by atoms with Crippen molar-refractivity contribution < 1.29 is 4.74 Å². The summed E-state index contributed by atoms with van der Waals surface area (Å²) in [6.45, 7) is 6.60. The van der Waals surface area contributed by atoms with Crippen LogP contribution in [0.5, 0.6) is 0 Å². The maximum absolute atomic E-state index is 5.94. The van der Waals surface area contributed by atoms with Crippen LogP contribution in [0.1, 0.15) is 26.7 Å². The minimum atomic E-state index is 0.225. The van der Waals surface area contributed by atoms with Crippen molar-refractivity contribution in [2.24, 2.45) is 5.73 Å². The van der Waals surface area contributed by atoms with Crippen molar-refractivity contribution in [3.63, 3.8) is 0 Å². The molecule has 0 bridgehead atoms. The fraction of sp³-hybridized carbons (Fsp3) is 1.00. The van der Waals surface area contributed by atoms with Crippen molar-refractivity contribution in [3.8, 4) is 0 Å². The van der Waals surface area contributed by atoms with Crippen molar-refractivity contribution >= 4 is 0 Å². The van der Waals surface area contributed by atoms with Gasteiger partial charge >= 0.3 is 0 Å². The van der Waals surface area contributed by atoms with Gasteiger partial charge in [-0.25, -0.2) is 0 Å². The number of hydrogen-bond donors (Lipinski definition) is 1. The molecule has 0 aliphatic carbocycles. The second-order valence-electron chi connectivity index (χ2n) is 3.98. The van der Waals surface area contributed by atoms with Gasteiger partial charge in [-0.2, -0.15) is 0 Å². The summed E-state index contributed by atoms with van der Waals surface area (Å²) >= 11 is 0. The van der Waals surface area contributed by atoms with Crippen molar-refractivity contribution in [2.75, 3.05) is 20.2 Å². The lowest BCUT2D eigenvalue weighted by Gasteiger charge is -2.39. The van der Waals surface area contributed by atoms with Gasteiger partial charge < -0.3 is 10.5 Å². The Bertz CT molecular complexity index is 152. The molecule has 3 nitrogen and oxygen atoms in total. The lowest BCUT2D eigenvalue weighted by Crippen LogP contribution is -2.53. The molecule has 0 spiro atoms. The third-order valence-corrected chi connectivity index (χ3v) is 3.16. The molecular formula is C10H22N2O. The normalized spacial score (nSPS) is 33.2. The Morgan fingerprint density at radius 2 is 2.31 bits per heavy atom. The summed E-state index contributed by atoms with van der Waals surface area (Å²) in [4.78, 5) is 2.47. The molecule has 13 heavy (non-hydrogen) atoms. The highest BCUT2D eigenvalue weighted by molar-refractivity contribution is 4.85. The predicted octanol–water partition coefficient (Wildman–Crippen LogP) is 0.833. The number of hydrogen-bond acceptors (Lipinski definition) is 3. The van der Waals surface area contributed by atoms with Crippen LogP contribution >= 0.6 is 0 Å². The highest BCUT2D eigenvalue weighted by atomic mass is 16.5. The number of nitrogens with two attached hydrogens (primary N) is 1. The van der Waals surface area contributed by atoms with E-state index in [1.165, 1.54) is 6.42 Å². The highest BCUT2D eigenvalue weighted by Crippen LogP contribution is 2.15. The van der Waals surface area contributed by atoms with Gasteiger partial charge in [-0.1, -0.05) is 6.92 Å². The molecule has 2 N–H and O–H groups in total. The van der Waals surface area contributed by atoms with Crippen molar-refractivity contribution in [2.45, 2.75) is 44.9 Å². The maximum atomic E-state index is 5.94. The molecule has 0 radical (unpaired) electrons. The van der Waals surface area contributed by atoms with Crippen LogP contribution in [0.3, 0.4) is 0 Å². The Morgan fingerprint density at radius 1 is 1.62 bits per heavy atom. The Labute approximate surface area is 81.2 Å². The van der Waals surface area contributed by atoms with E-state index in [2.05, 4.69) is 18.7 Å². The first-order chi connectivity index (χ1) is 6.19. The Morgan fingerprint density at radius 3 is 2.85 bits per heavy atom. The topological polar surface area (TPSA) is 38.5 Å². The standard InChI is InChI=1S/C10H22N2O/c1-4-8(2)12-6-5-9(11)10(7-12)13-3/h8-10H,4-7,11H2,1-3H3/t8?,9-,10-/m1/s1. The fourth-order valence-electron chi connectivity index (χ4n) is 1.87. The van der Waals surface area contributed by atoms with Gasteiger partial charge in [-0.05, 0) is 19.8 Å². The molecule has 1 heterocycles. The van der Waals surface area contributed by atoms with Crippen LogP contribution in [0, 0.1) is 0 Å². The summed E-state index contributed by atoms with van der Waals surface area (Å²) in [6, 6.07) is 0.885. The third kappa shape index (κ3) is 2.66. The number of ether oxygens (including phenoxy) is 1. The number of piperidine rings is 1. The number of rotatable bonds is 3. The molecule has 0 saturated carbocycles. The van der Waals surface area contributed by atoms with E-state index in [1.807, 2.05) is 0 Å². The van der Waals surface area contributed by atoms with E-state index in [9.17, 15) is 0 Å². The first-order valence-corrected chi connectivity index (χ1v) is 5.21. The smallest absolute Gasteiger partial charge is 0.0849 e. The lowest BCUT2D eigenvalue weighted by molar-refractivity contribution is 0.00336. The van der Waals surface area contributed by atoms with Crippen molar-refractivity contribution in [1.82, 2.24) is 4.90 Å². The summed E-state index contributed by atoms with van der Waals surface area (Å²) in [7, 11) is 1.75. The third-order valence-electron chi connectivity index (χ3n) is 3.16. The first-order valence-electron chi connectivity index (χ1n) is 5.21. The molecular weight excluding hydrogens is 164 g/mol. The van der Waals surface area contributed by atoms with E-state index >= 15 is 0 Å². The SMILES string of the molecule is CCC(C)N1CC[C@@H](N)[C@H](OC)C1. The van der Waals surface area contributed by atoms with Gasteiger partial charge in [0.15, 0.2) is 0 Å². The summed E-state index contributed by atoms with van der Waals surface area (Å²) in [6.07, 6.45) is 2.48. The molecule has 1 aliphatic heterocycles. The zero-order valence-corrected chi connectivity index (χ0v) is 8.99. The Balaban J connectivity index is 2.44. The molecule has 3 heteroatoms. The van der Waals surface area contributed by atoms with E-state index in [0.29, 0.717) is 6.04 Å². The minimum absolute atomic E-state index is 0.225. The zero-order valence-electron chi connectivity index (χ0n) is 8.99. The fourth-order valence-corrected chi connectivity index (χ4v) is 1.87. The Kier molecular flexibility index (Phi) is 4.16. The minimum Gasteiger partial charge on any atom is -0.379 e. The summed E-state index contributed by atoms with van der Waals surface area (Å²) in [5, 5.41) is 0. The largest absolute Gasteiger partial charge is 0.379 e. The molecule has 0 aromatic carbocycles. The van der Waals surface area contributed by atoms with E-state index < -0.39 is 0 Å². The lowest BCUT2D eigenvalue weighted by atomic mass is 10.0. The molecule has 0 aromatic rings. The van der Waals surface area contributed by atoms with Crippen molar-refractivity contribution in [1.29, 1.82) is 0 Å². The van der Waals surface area contributed by atoms with Crippen LogP contribution in [-0.2, 0) is 4.74 Å². The van der Waals surface area contributed by atoms with Crippen LogP contribution in [0.4, 0.5) is 0 Å². The quantitative estimate of drug-likeness (QED) is 0.709. The molecule has 0 aromatic heterocycles. The molecule has 1 fully saturated rings. The van der Waals surface area contributed by atoms with Crippen LogP contribution in [0.2, 0.25) is 0 Å². The molecule has 0 amide bonds. The van der Waals surface area contributed by atoms with Crippen molar-refractivity contribution in [3.05, 3.63) is 0 Å². The maximum Gasteiger partial charge on any atom is 0.0849 e. The van der Waals surface area contributed by atoms with Gasteiger partial charge in [0.1, 0.15) is 0 Å². The second kappa shape index (κ2) is 4.94. The van der Waals surface area contributed by atoms with Gasteiger partial charge in [-0.3, -0.25) is 4.90 Å². The zero-order chi connectivity index (χ0) is 9.84. The van der Waals surface area contributed by atoms with Gasteiger partial charge in [-0.15, -0.1) is 0 Å². The summed E-state index contributed by atoms with van der Waals surface area (Å²) in [5.41, 5.74) is 5.94. The van der Waals surface area contributed by atoms with Crippen LogP contribution in [0.15, 0.2) is 0 Å². The monoisotopic (exact) mass is 186 g/mol. The van der Waals surface area contributed by atoms with E-state index in [1.54, 1.807) is 7.11 Å². The second-order valence-corrected chi connectivity index (χ2v) is 3.98. The molecule has 1 saturated heterocycles. The van der Waals surface area contributed by atoms with Crippen LogP contribution in [0.25, 0.3) is 0 Å². The molecule has 78 valence electrons. The van der Waals surface area contributed by atoms with Gasteiger partial charge in [0.25, 0.3) is 0 Å². The summed E-state index contributed by atoms with van der Waals surface area (Å²) < 4.78 is 5.36. The van der Waals surface area contributed by atoms with Crippen LogP contribution in [-0.4, -0.2) is 43.3 Å². The van der Waals surface area contributed by atoms with Gasteiger partial charge in [0, 0.05) is 32.3 Å². The number of nitrogens with zero attached hydrogens (tertiary/aromatic N) is 1. The number of likely N-dealkylation sites (tertiary alicyclic amines) is 1. The molecule has 1 aliphatic rings. The van der Waals surface area contributed by atoms with Gasteiger partial charge in [0.05, 0.1) is 6.10 Å². The van der Waals surface area contributed by atoms with E-state index in [-0.39, 0.29) is 12.1 Å². The average Bonchev–Trinajstić information content (AvgIpc) is 2.17. The first kappa shape index (κ1) is 11.0. The van der Waals surface area contributed by atoms with E-state index in [0.717, 1.165) is 19.5 Å². The molecule has 1 unspecified atom stereocenters. The predicted molar refractivity (Wildman–Crippen MR) is 54.7 cm³/mol. The molecule has 3 atom stereocenters. The number of methoxy groups -OCH3 is 1. The van der Waals surface area contributed by atoms with Crippen LogP contribution < -0.4 is 5.73 Å². The van der Waals surface area contributed by atoms with Gasteiger partial charge in [0.2, 0.25) is 0 Å². The van der Waals surface area contributed by atoms with E-state index in [4.69, 9.17) is 10.5 Å². The summed E-state index contributed by atoms with van der Waals surface area (Å²) in [5.74, 6) is 0. The molecule has 1 rings (SSSR count). The Hall–Kier alpha value is -0.120. The highest BCUT2D eigenvalue weighted by Gasteiger charge is 2.28. The average molecular weight is 186 g/mol.